The molecule has 2 aromatic heterocycles. The lowest BCUT2D eigenvalue weighted by Crippen LogP contribution is -1.94. The van der Waals surface area contributed by atoms with Crippen molar-refractivity contribution in [2.45, 2.75) is 27.2 Å². The number of nitrogens with zero attached hydrogens (tertiary/aromatic N) is 2. The van der Waals surface area contributed by atoms with E-state index in [2.05, 4.69) is 63.2 Å². The summed E-state index contributed by atoms with van der Waals surface area (Å²) in [7, 11) is 0. The van der Waals surface area contributed by atoms with E-state index >= 15 is 0 Å². The first-order valence-corrected chi connectivity index (χ1v) is 10.3. The highest BCUT2D eigenvalue weighted by Gasteiger charge is 2.16. The van der Waals surface area contributed by atoms with Gasteiger partial charge in [0.05, 0.1) is 17.3 Å². The quantitative estimate of drug-likeness (QED) is 0.328. The summed E-state index contributed by atoms with van der Waals surface area (Å²) in [6.07, 6.45) is 2.94. The Balaban J connectivity index is 1.79. The van der Waals surface area contributed by atoms with Crippen LogP contribution in [0.1, 0.15) is 30.5 Å². The van der Waals surface area contributed by atoms with Gasteiger partial charge in [-0.05, 0) is 72.2 Å². The van der Waals surface area contributed by atoms with Crippen LogP contribution in [0.2, 0.25) is 0 Å². The van der Waals surface area contributed by atoms with Gasteiger partial charge in [-0.15, -0.1) is 0 Å². The summed E-state index contributed by atoms with van der Waals surface area (Å²) >= 11 is 0. The largest absolute Gasteiger partial charge is 0.455 e. The van der Waals surface area contributed by atoms with Gasteiger partial charge in [0.2, 0.25) is 0 Å². The van der Waals surface area contributed by atoms with Gasteiger partial charge < -0.3 is 4.42 Å². The lowest BCUT2D eigenvalue weighted by atomic mass is 9.96. The van der Waals surface area contributed by atoms with E-state index in [1.54, 1.807) is 6.07 Å². The summed E-state index contributed by atoms with van der Waals surface area (Å²) in [6.45, 7) is 6.57. The summed E-state index contributed by atoms with van der Waals surface area (Å²) in [5.74, 6) is 0.619. The molecule has 3 nitrogen and oxygen atoms in total. The first kappa shape index (κ1) is 18.4. The number of pyridine rings is 1. The molecule has 2 heterocycles. The molecule has 0 saturated heterocycles. The maximum atomic E-state index is 9.30. The summed E-state index contributed by atoms with van der Waals surface area (Å²) < 4.78 is 6.27. The van der Waals surface area contributed by atoms with Crippen molar-refractivity contribution in [3.8, 4) is 17.3 Å². The monoisotopic (exact) mass is 390 g/mol. The van der Waals surface area contributed by atoms with Crippen LogP contribution in [-0.4, -0.2) is 4.98 Å². The Labute approximate surface area is 175 Å². The van der Waals surface area contributed by atoms with Gasteiger partial charge in [-0.25, -0.2) is 0 Å². The van der Waals surface area contributed by atoms with Crippen molar-refractivity contribution < 1.29 is 4.42 Å². The van der Waals surface area contributed by atoms with Gasteiger partial charge in [-0.1, -0.05) is 32.0 Å². The van der Waals surface area contributed by atoms with E-state index in [0.29, 0.717) is 11.5 Å². The minimum Gasteiger partial charge on any atom is -0.455 e. The third-order valence-electron chi connectivity index (χ3n) is 5.57. The van der Waals surface area contributed by atoms with Crippen molar-refractivity contribution in [2.24, 2.45) is 5.92 Å². The number of hydrogen-bond acceptors (Lipinski definition) is 3. The van der Waals surface area contributed by atoms with E-state index in [-0.39, 0.29) is 0 Å². The Bertz CT molecular complexity index is 1470. The van der Waals surface area contributed by atoms with Gasteiger partial charge >= 0.3 is 0 Å². The molecule has 3 heteroatoms. The highest BCUT2D eigenvalue weighted by molar-refractivity contribution is 6.12. The molecule has 0 atom stereocenters. The lowest BCUT2D eigenvalue weighted by molar-refractivity contribution is 0.648. The van der Waals surface area contributed by atoms with Crippen LogP contribution in [0.3, 0.4) is 0 Å². The van der Waals surface area contributed by atoms with E-state index in [1.165, 1.54) is 10.9 Å². The zero-order valence-corrected chi connectivity index (χ0v) is 17.4. The molecule has 146 valence electrons. The van der Waals surface area contributed by atoms with Crippen LogP contribution < -0.4 is 0 Å². The zero-order chi connectivity index (χ0) is 20.8. The van der Waals surface area contributed by atoms with Crippen molar-refractivity contribution in [1.82, 2.24) is 4.98 Å². The Morgan fingerprint density at radius 3 is 2.63 bits per heavy atom. The van der Waals surface area contributed by atoms with Crippen LogP contribution in [0.25, 0.3) is 44.0 Å². The molecule has 0 bridgehead atoms. The average molecular weight is 390 g/mol. The second kappa shape index (κ2) is 7.00. The number of fused-ring (bicyclic) bond motifs is 4. The maximum Gasteiger partial charge on any atom is 0.144 e. The van der Waals surface area contributed by atoms with Crippen molar-refractivity contribution >= 4 is 32.7 Å². The van der Waals surface area contributed by atoms with E-state index < -0.39 is 0 Å². The zero-order valence-electron chi connectivity index (χ0n) is 17.4. The number of benzene rings is 3. The number of aryl methyl sites for hydroxylation is 1. The maximum absolute atomic E-state index is 9.30. The van der Waals surface area contributed by atoms with Crippen molar-refractivity contribution in [3.05, 3.63) is 77.5 Å². The molecule has 5 aromatic rings. The molecule has 0 N–H and O–H groups in total. The number of rotatable bonds is 3. The minimum absolute atomic E-state index is 0.619. The van der Waals surface area contributed by atoms with Crippen molar-refractivity contribution in [2.75, 3.05) is 0 Å². The van der Waals surface area contributed by atoms with Gasteiger partial charge in [0.25, 0.3) is 0 Å². The van der Waals surface area contributed by atoms with E-state index in [1.807, 2.05) is 18.3 Å². The third kappa shape index (κ3) is 3.02. The smallest absolute Gasteiger partial charge is 0.144 e. The number of hydrogen-bond donors (Lipinski definition) is 0. The fraction of sp³-hybridized carbons (Fsp3) is 0.185. The standard InChI is InChI=1S/C27H22N2O/c1-16(2)10-18-4-6-21-20(13-18)8-9-29-26(21)24-12-17(3)11-23-22-14-19(15-28)5-7-25(22)30-27(23)24/h4-9,11-14,16H,10H2,1-3H3. The Morgan fingerprint density at radius 2 is 1.83 bits per heavy atom. The first-order chi connectivity index (χ1) is 14.5. The fourth-order valence-corrected chi connectivity index (χ4v) is 4.31. The van der Waals surface area contributed by atoms with Crippen LogP contribution in [0.4, 0.5) is 0 Å². The number of furan rings is 1. The second-order valence-corrected chi connectivity index (χ2v) is 8.43. The predicted octanol–water partition coefficient (Wildman–Crippen LogP) is 7.18. The van der Waals surface area contributed by atoms with Crippen molar-refractivity contribution in [3.63, 3.8) is 0 Å². The Morgan fingerprint density at radius 1 is 0.967 bits per heavy atom. The molecule has 0 aliphatic carbocycles. The van der Waals surface area contributed by atoms with Crippen LogP contribution in [0.5, 0.6) is 0 Å². The van der Waals surface area contributed by atoms with Crippen LogP contribution in [-0.2, 0) is 6.42 Å². The molecule has 0 amide bonds. The minimum atomic E-state index is 0.619. The first-order valence-electron chi connectivity index (χ1n) is 10.3. The lowest BCUT2D eigenvalue weighted by Gasteiger charge is -2.10. The predicted molar refractivity (Wildman–Crippen MR) is 122 cm³/mol. The van der Waals surface area contributed by atoms with Gasteiger partial charge in [0.15, 0.2) is 0 Å². The highest BCUT2D eigenvalue weighted by Crippen LogP contribution is 2.38. The molecule has 30 heavy (non-hydrogen) atoms. The van der Waals surface area contributed by atoms with Crippen LogP contribution >= 0.6 is 0 Å². The van der Waals surface area contributed by atoms with Crippen LogP contribution in [0.15, 0.2) is 65.2 Å². The number of aromatic nitrogens is 1. The highest BCUT2D eigenvalue weighted by atomic mass is 16.3. The third-order valence-corrected chi connectivity index (χ3v) is 5.57. The molecule has 3 aromatic carbocycles. The SMILES string of the molecule is Cc1cc(-c2nccc3cc(CC(C)C)ccc23)c2oc3ccc(C#N)cc3c2c1. The molecular formula is C27H22N2O. The van der Waals surface area contributed by atoms with Gasteiger partial charge in [0, 0.05) is 27.9 Å². The van der Waals surface area contributed by atoms with E-state index in [4.69, 9.17) is 9.40 Å². The molecule has 0 saturated carbocycles. The molecular weight excluding hydrogens is 368 g/mol. The summed E-state index contributed by atoms with van der Waals surface area (Å²) in [4.78, 5) is 4.75. The summed E-state index contributed by atoms with van der Waals surface area (Å²) in [5, 5.41) is 13.6. The number of nitriles is 1. The topological polar surface area (TPSA) is 49.8 Å². The molecule has 0 radical (unpaired) electrons. The molecule has 5 rings (SSSR count). The van der Waals surface area contributed by atoms with Gasteiger partial charge in [-0.2, -0.15) is 5.26 Å². The fourth-order valence-electron chi connectivity index (χ4n) is 4.31. The molecule has 0 fully saturated rings. The van der Waals surface area contributed by atoms with E-state index in [0.717, 1.165) is 50.6 Å². The Kier molecular flexibility index (Phi) is 4.29. The molecule has 0 spiro atoms. The van der Waals surface area contributed by atoms with Crippen LogP contribution in [0, 0.1) is 24.2 Å². The molecule has 0 unspecified atom stereocenters. The average Bonchev–Trinajstić information content (AvgIpc) is 3.09. The van der Waals surface area contributed by atoms with Gasteiger partial charge in [-0.3, -0.25) is 4.98 Å². The molecule has 0 aliphatic heterocycles. The molecule has 0 aliphatic rings. The Hall–Kier alpha value is -3.64. The normalized spacial score (nSPS) is 11.6. The summed E-state index contributed by atoms with van der Waals surface area (Å²) in [6, 6.07) is 20.8. The van der Waals surface area contributed by atoms with E-state index in [9.17, 15) is 5.26 Å². The summed E-state index contributed by atoms with van der Waals surface area (Å²) in [5.41, 5.74) is 6.63. The van der Waals surface area contributed by atoms with Crippen molar-refractivity contribution in [1.29, 1.82) is 5.26 Å². The van der Waals surface area contributed by atoms with Gasteiger partial charge in [0.1, 0.15) is 11.2 Å². The second-order valence-electron chi connectivity index (χ2n) is 8.43.